The van der Waals surface area contributed by atoms with Crippen LogP contribution < -0.4 is 26.0 Å². The number of anilines is 3. The first-order chi connectivity index (χ1) is 19.6. The highest BCUT2D eigenvalue weighted by molar-refractivity contribution is 6.02. The van der Waals surface area contributed by atoms with Gasteiger partial charge in [0.2, 0.25) is 5.91 Å². The highest BCUT2D eigenvalue weighted by atomic mass is 16.6. The summed E-state index contributed by atoms with van der Waals surface area (Å²) in [5.41, 5.74) is 6.73. The summed E-state index contributed by atoms with van der Waals surface area (Å²) in [5, 5.41) is 13.5. The van der Waals surface area contributed by atoms with Gasteiger partial charge in [0, 0.05) is 13.1 Å². The number of piperidine rings is 1. The molecule has 4 aromatic rings. The SMILES string of the molecule is CC(C)(C)OC(=O)NC1(C(=O)Nc2cccc(OCc3ccccc3)c2N)CCN(c2ncnc3[nH]ncc23)CC1. The Morgan fingerprint density at radius 3 is 2.56 bits per heavy atom. The number of hydrogen-bond donors (Lipinski definition) is 4. The summed E-state index contributed by atoms with van der Waals surface area (Å²) in [7, 11) is 0. The molecule has 0 aliphatic carbocycles. The van der Waals surface area contributed by atoms with Crippen LogP contribution in [0.15, 0.2) is 61.1 Å². The number of hydrogen-bond acceptors (Lipinski definition) is 9. The standard InChI is InChI=1S/C29H34N8O4/c1-28(2,3)41-27(39)35-29(12-14-37(15-13-29)25-20-16-33-36-24(20)31-18-32-25)26(38)34-21-10-7-11-22(23(21)30)40-17-19-8-5-4-6-9-19/h4-11,16,18H,12-15,17,30H2,1-3H3,(H,34,38)(H,35,39)(H,31,32,33,36). The summed E-state index contributed by atoms with van der Waals surface area (Å²) in [4.78, 5) is 37.5. The Morgan fingerprint density at radius 1 is 1.07 bits per heavy atom. The maximum atomic E-state index is 13.9. The molecule has 0 atom stereocenters. The van der Waals surface area contributed by atoms with Crippen molar-refractivity contribution in [2.75, 3.05) is 29.0 Å². The fourth-order valence-electron chi connectivity index (χ4n) is 4.77. The van der Waals surface area contributed by atoms with Crippen molar-refractivity contribution in [2.24, 2.45) is 0 Å². The van der Waals surface area contributed by atoms with Gasteiger partial charge in [0.25, 0.3) is 0 Å². The zero-order valence-electron chi connectivity index (χ0n) is 23.3. The lowest BCUT2D eigenvalue weighted by molar-refractivity contribution is -0.123. The normalized spacial score (nSPS) is 14.9. The molecule has 5 rings (SSSR count). The van der Waals surface area contributed by atoms with Crippen LogP contribution in [-0.4, -0.2) is 56.4 Å². The first kappa shape index (κ1) is 27.7. The van der Waals surface area contributed by atoms with Crippen molar-refractivity contribution in [3.05, 3.63) is 66.6 Å². The summed E-state index contributed by atoms with van der Waals surface area (Å²) in [5.74, 6) is 0.761. The quantitative estimate of drug-likeness (QED) is 0.246. The molecule has 3 heterocycles. The van der Waals surface area contributed by atoms with Crippen LogP contribution in [0.1, 0.15) is 39.2 Å². The lowest BCUT2D eigenvalue weighted by Crippen LogP contribution is -2.62. The molecule has 2 aromatic carbocycles. The number of nitrogens with one attached hydrogen (secondary N) is 3. The summed E-state index contributed by atoms with van der Waals surface area (Å²) in [6, 6.07) is 14.9. The van der Waals surface area contributed by atoms with E-state index in [9.17, 15) is 9.59 Å². The number of carbonyl (C=O) groups is 2. The number of alkyl carbamates (subject to hydrolysis) is 1. The molecule has 2 aromatic heterocycles. The number of aromatic nitrogens is 4. The molecular weight excluding hydrogens is 524 g/mol. The third-order valence-corrected chi connectivity index (χ3v) is 6.87. The minimum absolute atomic E-state index is 0.296. The van der Waals surface area contributed by atoms with Crippen molar-refractivity contribution in [2.45, 2.75) is 51.4 Å². The highest BCUT2D eigenvalue weighted by Gasteiger charge is 2.44. The Bertz CT molecular complexity index is 1520. The number of nitrogens with two attached hydrogens (primary N) is 1. The number of para-hydroxylation sites is 1. The van der Waals surface area contributed by atoms with Gasteiger partial charge in [-0.2, -0.15) is 5.10 Å². The summed E-state index contributed by atoms with van der Waals surface area (Å²) < 4.78 is 11.5. The molecule has 0 spiro atoms. The average molecular weight is 559 g/mol. The zero-order chi connectivity index (χ0) is 29.0. The van der Waals surface area contributed by atoms with Gasteiger partial charge < -0.3 is 30.7 Å². The van der Waals surface area contributed by atoms with Gasteiger partial charge in [-0.05, 0) is 51.3 Å². The van der Waals surface area contributed by atoms with E-state index in [0.717, 1.165) is 10.9 Å². The Hall–Kier alpha value is -4.87. The van der Waals surface area contributed by atoms with E-state index >= 15 is 0 Å². The van der Waals surface area contributed by atoms with Gasteiger partial charge in [-0.15, -0.1) is 0 Å². The van der Waals surface area contributed by atoms with Gasteiger partial charge in [0.1, 0.15) is 35.6 Å². The Kier molecular flexibility index (Phi) is 7.64. The molecule has 1 saturated heterocycles. The number of benzene rings is 2. The van der Waals surface area contributed by atoms with Crippen molar-refractivity contribution in [3.8, 4) is 5.75 Å². The van der Waals surface area contributed by atoms with E-state index in [2.05, 4.69) is 30.8 Å². The molecular formula is C29H34N8O4. The number of carbonyl (C=O) groups excluding carboxylic acids is 2. The Labute approximate surface area is 237 Å². The molecule has 12 heteroatoms. The van der Waals surface area contributed by atoms with Gasteiger partial charge in [0.05, 0.1) is 23.0 Å². The summed E-state index contributed by atoms with van der Waals surface area (Å²) in [6.45, 7) is 6.53. The average Bonchev–Trinajstić information content (AvgIpc) is 3.43. The lowest BCUT2D eigenvalue weighted by Gasteiger charge is -2.41. The monoisotopic (exact) mass is 558 g/mol. The first-order valence-corrected chi connectivity index (χ1v) is 13.4. The maximum absolute atomic E-state index is 13.9. The Morgan fingerprint density at radius 2 is 1.83 bits per heavy atom. The third kappa shape index (κ3) is 6.32. The van der Waals surface area contributed by atoms with Gasteiger partial charge in [-0.1, -0.05) is 36.4 Å². The summed E-state index contributed by atoms with van der Waals surface area (Å²) in [6.07, 6.45) is 3.07. The topological polar surface area (TPSA) is 160 Å². The molecule has 12 nitrogen and oxygen atoms in total. The van der Waals surface area contributed by atoms with E-state index in [4.69, 9.17) is 15.2 Å². The largest absolute Gasteiger partial charge is 0.487 e. The van der Waals surface area contributed by atoms with Crippen molar-refractivity contribution >= 4 is 40.2 Å². The fraction of sp³-hybridized carbons (Fsp3) is 0.345. The smallest absolute Gasteiger partial charge is 0.408 e. The molecule has 2 amide bonds. The van der Waals surface area contributed by atoms with Crippen LogP contribution in [0.2, 0.25) is 0 Å². The van der Waals surface area contributed by atoms with E-state index in [1.54, 1.807) is 45.2 Å². The molecule has 1 aliphatic heterocycles. The van der Waals surface area contributed by atoms with E-state index < -0.39 is 23.1 Å². The third-order valence-electron chi connectivity index (χ3n) is 6.87. The molecule has 5 N–H and O–H groups in total. The van der Waals surface area contributed by atoms with Crippen LogP contribution in [0.25, 0.3) is 11.0 Å². The second-order valence-corrected chi connectivity index (χ2v) is 11.0. The van der Waals surface area contributed by atoms with E-state index in [1.165, 1.54) is 6.33 Å². The predicted octanol–water partition coefficient (Wildman–Crippen LogP) is 4.02. The fourth-order valence-corrected chi connectivity index (χ4v) is 4.77. The molecule has 41 heavy (non-hydrogen) atoms. The van der Waals surface area contributed by atoms with Gasteiger partial charge in [-0.3, -0.25) is 9.89 Å². The second kappa shape index (κ2) is 11.3. The van der Waals surface area contributed by atoms with Crippen LogP contribution in [0, 0.1) is 0 Å². The molecule has 1 fully saturated rings. The molecule has 1 aliphatic rings. The molecule has 214 valence electrons. The van der Waals surface area contributed by atoms with E-state index in [1.807, 2.05) is 35.2 Å². The van der Waals surface area contributed by atoms with Gasteiger partial charge in [0.15, 0.2) is 5.65 Å². The van der Waals surface area contributed by atoms with Crippen molar-refractivity contribution < 1.29 is 19.1 Å². The second-order valence-electron chi connectivity index (χ2n) is 11.0. The van der Waals surface area contributed by atoms with Crippen LogP contribution in [0.4, 0.5) is 22.0 Å². The minimum Gasteiger partial charge on any atom is -0.487 e. The number of H-pyrrole nitrogens is 1. The van der Waals surface area contributed by atoms with Gasteiger partial charge in [-0.25, -0.2) is 14.8 Å². The zero-order valence-corrected chi connectivity index (χ0v) is 23.3. The molecule has 0 radical (unpaired) electrons. The lowest BCUT2D eigenvalue weighted by atomic mass is 9.86. The number of nitrogens with zero attached hydrogens (tertiary/aromatic N) is 4. The number of fused-ring (bicyclic) bond motifs is 1. The van der Waals surface area contributed by atoms with Gasteiger partial charge >= 0.3 is 6.09 Å². The number of nitrogen functional groups attached to an aromatic ring is 1. The van der Waals surface area contributed by atoms with E-state index in [0.29, 0.717) is 61.1 Å². The minimum atomic E-state index is -1.26. The first-order valence-electron chi connectivity index (χ1n) is 13.4. The van der Waals surface area contributed by atoms with Crippen LogP contribution in [0.5, 0.6) is 5.75 Å². The van der Waals surface area contributed by atoms with E-state index in [-0.39, 0.29) is 0 Å². The van der Waals surface area contributed by atoms with Crippen LogP contribution >= 0.6 is 0 Å². The number of rotatable bonds is 7. The molecule has 0 bridgehead atoms. The van der Waals surface area contributed by atoms with Crippen LogP contribution in [-0.2, 0) is 16.1 Å². The molecule has 0 unspecified atom stereocenters. The number of amides is 2. The highest BCUT2D eigenvalue weighted by Crippen LogP contribution is 2.33. The predicted molar refractivity (Wildman–Crippen MR) is 155 cm³/mol. The Balaban J connectivity index is 1.35. The van der Waals surface area contributed by atoms with Crippen molar-refractivity contribution in [3.63, 3.8) is 0 Å². The number of aromatic amines is 1. The molecule has 0 saturated carbocycles. The van der Waals surface area contributed by atoms with Crippen LogP contribution in [0.3, 0.4) is 0 Å². The van der Waals surface area contributed by atoms with Crippen molar-refractivity contribution in [1.82, 2.24) is 25.5 Å². The van der Waals surface area contributed by atoms with Crippen molar-refractivity contribution in [1.29, 1.82) is 0 Å². The maximum Gasteiger partial charge on any atom is 0.408 e. The summed E-state index contributed by atoms with van der Waals surface area (Å²) >= 11 is 0. The number of ether oxygens (including phenoxy) is 2.